The van der Waals surface area contributed by atoms with Crippen molar-refractivity contribution in [1.29, 1.82) is 0 Å². The third-order valence-corrected chi connectivity index (χ3v) is 7.51. The van der Waals surface area contributed by atoms with Crippen LogP contribution in [-0.2, 0) is 19.2 Å². The number of nitrogens with one attached hydrogen (secondary N) is 2. The molecule has 238 valence electrons. The fourth-order valence-corrected chi connectivity index (χ4v) is 5.35. The summed E-state index contributed by atoms with van der Waals surface area (Å²) in [4.78, 5) is 53.0. The molecular formula is C34H40N3O8+. The molecule has 2 aromatic carbocycles. The SMILES string of the molecule is CCNC1=CC/C(=C(\c2cc(C)c(NCC)cc2[OH2+])c2cc(OCCCC(=O)ON3C(=O)CCC3=O)ccc2C(=O)O)C=C1C. The van der Waals surface area contributed by atoms with Crippen molar-refractivity contribution in [2.45, 2.75) is 59.8 Å². The number of hydrogen-bond acceptors (Lipinski definition) is 8. The van der Waals surface area contributed by atoms with Crippen LogP contribution in [-0.4, -0.2) is 58.7 Å². The lowest BCUT2D eigenvalue weighted by Gasteiger charge is -2.22. The Balaban J connectivity index is 1.67. The molecule has 0 radical (unpaired) electrons. The van der Waals surface area contributed by atoms with Crippen molar-refractivity contribution in [3.63, 3.8) is 0 Å². The number of carboxylic acids is 1. The van der Waals surface area contributed by atoms with Crippen molar-refractivity contribution in [3.05, 3.63) is 81.6 Å². The molecule has 1 heterocycles. The van der Waals surface area contributed by atoms with Crippen LogP contribution in [0.15, 0.2) is 59.3 Å². The van der Waals surface area contributed by atoms with Crippen LogP contribution in [0.3, 0.4) is 0 Å². The molecule has 4 rings (SSSR count). The molecule has 0 unspecified atom stereocenters. The second-order valence-electron chi connectivity index (χ2n) is 10.8. The van der Waals surface area contributed by atoms with Crippen LogP contribution >= 0.6 is 0 Å². The number of amides is 2. The summed E-state index contributed by atoms with van der Waals surface area (Å²) in [6.45, 7) is 9.51. The van der Waals surface area contributed by atoms with Gasteiger partial charge in [-0.05, 0) is 81.5 Å². The van der Waals surface area contributed by atoms with E-state index in [4.69, 9.17) is 14.7 Å². The second kappa shape index (κ2) is 14.6. The molecule has 2 amide bonds. The zero-order valence-corrected chi connectivity index (χ0v) is 26.0. The predicted octanol–water partition coefficient (Wildman–Crippen LogP) is 4.97. The largest absolute Gasteiger partial charge is 0.593 e. The Morgan fingerprint density at radius 1 is 0.978 bits per heavy atom. The number of imide groups is 1. The number of carbonyl (C=O) groups excluding carboxylic acids is 3. The molecule has 0 atom stereocenters. The molecule has 0 aromatic heterocycles. The number of rotatable bonds is 13. The highest BCUT2D eigenvalue weighted by molar-refractivity contribution is 6.02. The molecule has 1 fully saturated rings. The minimum absolute atomic E-state index is 0.0194. The van der Waals surface area contributed by atoms with Gasteiger partial charge in [0, 0.05) is 48.5 Å². The van der Waals surface area contributed by atoms with Crippen molar-refractivity contribution in [1.82, 2.24) is 10.4 Å². The van der Waals surface area contributed by atoms with Crippen LogP contribution in [0, 0.1) is 6.92 Å². The van der Waals surface area contributed by atoms with Gasteiger partial charge in [-0.25, -0.2) is 9.59 Å². The third kappa shape index (κ3) is 7.72. The Hall–Kier alpha value is -5.06. The van der Waals surface area contributed by atoms with Gasteiger partial charge in [-0.3, -0.25) is 9.59 Å². The van der Waals surface area contributed by atoms with E-state index < -0.39 is 23.8 Å². The van der Waals surface area contributed by atoms with Gasteiger partial charge in [0.05, 0.1) is 30.2 Å². The molecule has 0 bridgehead atoms. The van der Waals surface area contributed by atoms with Crippen molar-refractivity contribution in [2.24, 2.45) is 0 Å². The maximum Gasteiger partial charge on any atom is 0.336 e. The first kappa shape index (κ1) is 32.8. The maximum absolute atomic E-state index is 12.5. The Morgan fingerprint density at radius 3 is 2.33 bits per heavy atom. The van der Waals surface area contributed by atoms with Crippen molar-refractivity contribution < 1.29 is 39.0 Å². The number of carboxylic acid groups (broad SMARTS) is 1. The Kier molecular flexibility index (Phi) is 10.7. The molecule has 2 aromatic rings. The van der Waals surface area contributed by atoms with E-state index in [0.717, 1.165) is 34.6 Å². The monoisotopic (exact) mass is 618 g/mol. The van der Waals surface area contributed by atoms with Crippen LogP contribution < -0.4 is 15.4 Å². The number of anilines is 1. The number of benzene rings is 2. The zero-order valence-electron chi connectivity index (χ0n) is 26.0. The van der Waals surface area contributed by atoms with E-state index in [1.54, 1.807) is 18.2 Å². The van der Waals surface area contributed by atoms with Crippen LogP contribution in [0.5, 0.6) is 11.5 Å². The predicted molar refractivity (Wildman–Crippen MR) is 170 cm³/mol. The molecule has 45 heavy (non-hydrogen) atoms. The van der Waals surface area contributed by atoms with E-state index in [9.17, 15) is 24.3 Å². The van der Waals surface area contributed by atoms with E-state index in [2.05, 4.69) is 16.7 Å². The van der Waals surface area contributed by atoms with Crippen LogP contribution in [0.4, 0.5) is 5.69 Å². The summed E-state index contributed by atoms with van der Waals surface area (Å²) in [5.74, 6) is -2.28. The fraction of sp³-hybridized carbons (Fsp3) is 0.353. The van der Waals surface area contributed by atoms with Crippen LogP contribution in [0.2, 0.25) is 0 Å². The van der Waals surface area contributed by atoms with Crippen LogP contribution in [0.1, 0.15) is 79.9 Å². The second-order valence-corrected chi connectivity index (χ2v) is 10.8. The number of allylic oxidation sites excluding steroid dienone is 4. The van der Waals surface area contributed by atoms with Gasteiger partial charge in [-0.2, -0.15) is 0 Å². The Bertz CT molecular complexity index is 1590. The maximum atomic E-state index is 12.5. The summed E-state index contributed by atoms with van der Waals surface area (Å²) in [6.07, 6.45) is 4.81. The first-order valence-corrected chi connectivity index (χ1v) is 15.1. The van der Waals surface area contributed by atoms with Crippen molar-refractivity contribution in [3.8, 4) is 11.5 Å². The average molecular weight is 619 g/mol. The van der Waals surface area contributed by atoms with Crippen molar-refractivity contribution in [2.75, 3.05) is 25.0 Å². The Labute approximate surface area is 262 Å². The number of hydrogen-bond donors (Lipinski definition) is 3. The topological polar surface area (TPSA) is 157 Å². The van der Waals surface area contributed by atoms with E-state index in [1.165, 1.54) is 6.07 Å². The lowest BCUT2D eigenvalue weighted by atomic mass is 9.85. The first-order valence-electron chi connectivity index (χ1n) is 15.1. The number of aromatic carboxylic acids is 1. The summed E-state index contributed by atoms with van der Waals surface area (Å²) >= 11 is 0. The molecule has 1 aliphatic heterocycles. The molecule has 1 aliphatic carbocycles. The zero-order chi connectivity index (χ0) is 32.7. The lowest BCUT2D eigenvalue weighted by Crippen LogP contribution is -2.32. The minimum atomic E-state index is -1.11. The lowest BCUT2D eigenvalue weighted by molar-refractivity contribution is -0.197. The first-order chi connectivity index (χ1) is 21.5. The molecule has 11 nitrogen and oxygen atoms in total. The van der Waals surface area contributed by atoms with Gasteiger partial charge in [-0.15, -0.1) is 5.06 Å². The van der Waals surface area contributed by atoms with Gasteiger partial charge in [-0.1, -0.05) is 12.2 Å². The van der Waals surface area contributed by atoms with Crippen molar-refractivity contribution >= 4 is 35.0 Å². The van der Waals surface area contributed by atoms with E-state index in [0.29, 0.717) is 40.5 Å². The van der Waals surface area contributed by atoms with Gasteiger partial charge in [0.15, 0.2) is 0 Å². The summed E-state index contributed by atoms with van der Waals surface area (Å²) in [7, 11) is 0. The number of hydroxylamine groups is 2. The van der Waals surface area contributed by atoms with Gasteiger partial charge in [0.1, 0.15) is 5.75 Å². The van der Waals surface area contributed by atoms with E-state index in [-0.39, 0.29) is 43.6 Å². The summed E-state index contributed by atoms with van der Waals surface area (Å²) in [5, 5.41) is 26.3. The highest BCUT2D eigenvalue weighted by Gasteiger charge is 2.32. The number of nitrogens with zero attached hydrogens (tertiary/aromatic N) is 1. The molecule has 1 saturated heterocycles. The highest BCUT2D eigenvalue weighted by Crippen LogP contribution is 2.41. The molecular weight excluding hydrogens is 578 g/mol. The Morgan fingerprint density at radius 2 is 1.69 bits per heavy atom. The minimum Gasteiger partial charge on any atom is -0.593 e. The summed E-state index contributed by atoms with van der Waals surface area (Å²) in [6, 6.07) is 8.37. The fourth-order valence-electron chi connectivity index (χ4n) is 5.35. The van der Waals surface area contributed by atoms with E-state index in [1.807, 2.05) is 39.8 Å². The molecule has 0 spiro atoms. The highest BCUT2D eigenvalue weighted by atomic mass is 16.7. The summed E-state index contributed by atoms with van der Waals surface area (Å²) in [5.41, 5.74) is 6.34. The number of ether oxygens (including phenoxy) is 1. The molecule has 0 saturated carbocycles. The molecule has 5 N–H and O–H groups in total. The standard InChI is InChI=1S/C34H39N3O8/c1-5-35-27-12-9-22(16-20(27)3)33(26-17-21(4)28(36-6-2)19-29(26)38)25-18-23(10-11-24(25)34(42)43)44-15-7-8-32(41)45-37-30(39)13-14-31(37)40/h10-12,16-19,35-36,38H,5-9,13-15H2,1-4H3,(H,42,43)/p+1/b33-22+. The number of likely N-dealkylation sites (N-methyl/N-ethyl adjacent to an activating group) is 1. The van der Waals surface area contributed by atoms with Gasteiger partial charge in [0.2, 0.25) is 0 Å². The quantitative estimate of drug-likeness (QED) is 0.160. The smallest absolute Gasteiger partial charge is 0.336 e. The molecule has 11 heteroatoms. The van der Waals surface area contributed by atoms with Gasteiger partial charge in [0.25, 0.3) is 17.6 Å². The van der Waals surface area contributed by atoms with E-state index >= 15 is 0 Å². The van der Waals surface area contributed by atoms with Gasteiger partial charge < -0.3 is 30.4 Å². The molecule has 2 aliphatic rings. The number of carbonyl (C=O) groups is 4. The third-order valence-electron chi connectivity index (χ3n) is 7.51. The van der Waals surface area contributed by atoms with Crippen LogP contribution in [0.25, 0.3) is 5.57 Å². The summed E-state index contributed by atoms with van der Waals surface area (Å²) < 4.78 is 5.93. The number of aryl methyl sites for hydroxylation is 1. The normalized spacial score (nSPS) is 15.8. The average Bonchev–Trinajstić information content (AvgIpc) is 3.31. The van der Waals surface area contributed by atoms with Gasteiger partial charge >= 0.3 is 11.9 Å².